The number of alkyl carbamates (subject to hydrolysis) is 1. The molecule has 13 nitrogen and oxygen atoms in total. The number of phenols is 1. The van der Waals surface area contributed by atoms with E-state index in [0.717, 1.165) is 86.3 Å². The van der Waals surface area contributed by atoms with Crippen molar-refractivity contribution in [3.8, 4) is 11.5 Å². The van der Waals surface area contributed by atoms with Crippen LogP contribution in [0.1, 0.15) is 76.0 Å². The highest BCUT2D eigenvalue weighted by atomic mass is 16.6. The number of piperidine rings is 4. The molecule has 3 atom stereocenters. The van der Waals surface area contributed by atoms with Crippen LogP contribution in [0.5, 0.6) is 11.5 Å². The molecule has 5 N–H and O–H groups in total. The number of ether oxygens (including phenoxy) is 3. The van der Waals surface area contributed by atoms with Crippen molar-refractivity contribution in [2.24, 2.45) is 11.8 Å². The molecule has 5 heterocycles. The first-order chi connectivity index (χ1) is 32.2. The third-order valence-corrected chi connectivity index (χ3v) is 13.3. The van der Waals surface area contributed by atoms with E-state index < -0.39 is 18.2 Å². The molecule has 1 unspecified atom stereocenters. The first kappa shape index (κ1) is 44.5. The molecule has 0 saturated carbocycles. The summed E-state index contributed by atoms with van der Waals surface area (Å²) in [7, 11) is 0. The average Bonchev–Trinajstić information content (AvgIpc) is 3.36. The van der Waals surface area contributed by atoms with Gasteiger partial charge in [-0.25, -0.2) is 9.59 Å². The number of aromatic hydroxyl groups is 1. The van der Waals surface area contributed by atoms with Crippen molar-refractivity contribution in [3.05, 3.63) is 171 Å². The number of hydrogen-bond donors (Lipinski definition) is 5. The minimum absolute atomic E-state index is 0.0375. The van der Waals surface area contributed by atoms with Crippen molar-refractivity contribution in [3.63, 3.8) is 0 Å². The number of aliphatic hydroxyl groups is 1. The van der Waals surface area contributed by atoms with Gasteiger partial charge in [0.05, 0.1) is 29.8 Å². The second-order valence-corrected chi connectivity index (χ2v) is 17.8. The van der Waals surface area contributed by atoms with Crippen LogP contribution in [0.3, 0.4) is 0 Å². The predicted molar refractivity (Wildman–Crippen MR) is 253 cm³/mol. The Morgan fingerprint density at radius 1 is 0.788 bits per heavy atom. The number of aromatic amines is 1. The van der Waals surface area contributed by atoms with E-state index in [0.29, 0.717) is 60.0 Å². The molecule has 1 amide bonds. The number of nitrogens with zero attached hydrogens (tertiary/aromatic N) is 2. The Morgan fingerprint density at radius 2 is 1.53 bits per heavy atom. The van der Waals surface area contributed by atoms with E-state index in [1.807, 2.05) is 66.7 Å². The molecule has 4 fully saturated rings. The summed E-state index contributed by atoms with van der Waals surface area (Å²) >= 11 is 0. The maximum Gasteiger partial charge on any atom is 0.408 e. The third-order valence-electron chi connectivity index (χ3n) is 13.3. The van der Waals surface area contributed by atoms with Gasteiger partial charge >= 0.3 is 12.1 Å². The molecule has 342 valence electrons. The molecule has 2 bridgehead atoms. The molecule has 13 heteroatoms. The minimum Gasteiger partial charge on any atom is -0.506 e. The van der Waals surface area contributed by atoms with Crippen molar-refractivity contribution < 1.29 is 34.0 Å². The summed E-state index contributed by atoms with van der Waals surface area (Å²) < 4.78 is 18.0. The van der Waals surface area contributed by atoms with Gasteiger partial charge in [0.1, 0.15) is 24.2 Å². The van der Waals surface area contributed by atoms with Crippen molar-refractivity contribution in [1.82, 2.24) is 20.5 Å². The van der Waals surface area contributed by atoms with Crippen molar-refractivity contribution in [2.75, 3.05) is 50.8 Å². The molecular formula is C53H57N5O8. The zero-order valence-electron chi connectivity index (χ0n) is 36.9. The zero-order chi connectivity index (χ0) is 45.4. The molecule has 1 aromatic heterocycles. The van der Waals surface area contributed by atoms with Crippen molar-refractivity contribution in [2.45, 2.75) is 57.1 Å². The van der Waals surface area contributed by atoms with Crippen LogP contribution in [0.2, 0.25) is 0 Å². The van der Waals surface area contributed by atoms with Crippen LogP contribution >= 0.6 is 0 Å². The minimum atomic E-state index is -0.828. The van der Waals surface area contributed by atoms with E-state index in [1.165, 1.54) is 12.1 Å². The number of esters is 1. The van der Waals surface area contributed by atoms with Crippen LogP contribution in [0.15, 0.2) is 132 Å². The Morgan fingerprint density at radius 3 is 2.27 bits per heavy atom. The standard InChI is InChI=1S/C53H57N5O8/c59-46-19-17-44(45-18-20-49(61)55-51(45)46)47(60)31-54-30-35-11-15-42(16-12-35)58-27-21-37(22-28-58)34-65-52(62)40-13-9-36(10-14-40)33-64-43-8-4-7-41(29-43)50(39-5-2-1-3-6-39)56-53(63)66-48-32-57-25-23-38(48)24-26-57/h1-20,29,37-38,47-48,50,54,59-60H,21-28,30-34H2,(H,55,61)(H,56,63)/t47-,48+,50?/m1/s1. The number of aromatic nitrogens is 1. The lowest BCUT2D eigenvalue weighted by Gasteiger charge is -2.43. The molecular weight excluding hydrogens is 835 g/mol. The molecule has 4 aliphatic rings. The molecule has 0 spiro atoms. The Hall–Kier alpha value is -6.67. The van der Waals surface area contributed by atoms with E-state index in [1.54, 1.807) is 24.3 Å². The number of hydrogen-bond acceptors (Lipinski definition) is 11. The number of aliphatic hydroxyl groups excluding tert-OH is 1. The Labute approximate surface area is 384 Å². The number of anilines is 1. The smallest absolute Gasteiger partial charge is 0.408 e. The van der Waals surface area contributed by atoms with Crippen LogP contribution < -0.4 is 25.8 Å². The number of fused-ring (bicyclic) bond motifs is 4. The van der Waals surface area contributed by atoms with Gasteiger partial charge in [0.25, 0.3) is 0 Å². The SMILES string of the molecule is O=C(NC(c1ccccc1)c1cccc(OCc2ccc(C(=O)OCC3CCN(c4ccc(CNC[C@@H](O)c5ccc(O)c6[nH]c(=O)ccc56)cc4)CC3)cc2)c1)O[C@H]1CN2CCC1CC2. The largest absolute Gasteiger partial charge is 0.506 e. The predicted octanol–water partition coefficient (Wildman–Crippen LogP) is 7.62. The topological polar surface area (TPSA) is 166 Å². The lowest BCUT2D eigenvalue weighted by Crippen LogP contribution is -2.52. The van der Waals surface area contributed by atoms with Crippen LogP contribution in [0.4, 0.5) is 10.5 Å². The number of H-pyrrole nitrogens is 1. The summed E-state index contributed by atoms with van der Waals surface area (Å²) in [5.74, 6) is 0.988. The highest BCUT2D eigenvalue weighted by molar-refractivity contribution is 5.89. The maximum absolute atomic E-state index is 13.3. The lowest BCUT2D eigenvalue weighted by molar-refractivity contribution is -0.0336. The van der Waals surface area contributed by atoms with Gasteiger partial charge in [0, 0.05) is 49.9 Å². The number of nitrogens with one attached hydrogen (secondary N) is 3. The summed E-state index contributed by atoms with van der Waals surface area (Å²) in [5.41, 5.74) is 6.07. The van der Waals surface area contributed by atoms with Gasteiger partial charge in [0.2, 0.25) is 5.56 Å². The molecule has 0 radical (unpaired) electrons. The van der Waals surface area contributed by atoms with E-state index in [4.69, 9.17) is 14.2 Å². The summed E-state index contributed by atoms with van der Waals surface area (Å²) in [6.45, 7) is 6.23. The number of rotatable bonds is 16. The van der Waals surface area contributed by atoms with Crippen molar-refractivity contribution >= 4 is 28.7 Å². The van der Waals surface area contributed by atoms with Gasteiger partial charge in [-0.05, 0) is 127 Å². The summed E-state index contributed by atoms with van der Waals surface area (Å²) in [6, 6.07) is 39.1. The van der Waals surface area contributed by atoms with Gasteiger partial charge < -0.3 is 44.9 Å². The van der Waals surface area contributed by atoms with Crippen LogP contribution in [-0.4, -0.2) is 84.1 Å². The second-order valence-electron chi connectivity index (χ2n) is 17.8. The van der Waals surface area contributed by atoms with Gasteiger partial charge in [-0.2, -0.15) is 0 Å². The fourth-order valence-corrected chi connectivity index (χ4v) is 9.50. The quantitative estimate of drug-likeness (QED) is 0.0608. The molecule has 66 heavy (non-hydrogen) atoms. The second kappa shape index (κ2) is 20.7. The van der Waals surface area contributed by atoms with E-state index >= 15 is 0 Å². The molecule has 6 aromatic rings. The van der Waals surface area contributed by atoms with E-state index in [2.05, 4.69) is 49.7 Å². The molecule has 0 aliphatic carbocycles. The third kappa shape index (κ3) is 10.9. The number of pyridine rings is 1. The Balaban J connectivity index is 0.702. The Bertz CT molecular complexity index is 2640. The number of carbonyl (C=O) groups excluding carboxylic acids is 2. The summed E-state index contributed by atoms with van der Waals surface area (Å²) in [6.07, 6.45) is 2.64. The van der Waals surface area contributed by atoms with Crippen LogP contribution in [-0.2, 0) is 22.6 Å². The first-order valence-electron chi connectivity index (χ1n) is 23.0. The molecule has 4 saturated heterocycles. The number of phenolic OH excluding ortho intramolecular Hbond substituents is 1. The lowest BCUT2D eigenvalue weighted by atomic mass is 9.86. The van der Waals surface area contributed by atoms with Gasteiger partial charge in [-0.3, -0.25) is 9.69 Å². The summed E-state index contributed by atoms with van der Waals surface area (Å²) in [5, 5.41) is 28.1. The number of benzene rings is 5. The highest BCUT2D eigenvalue weighted by Gasteiger charge is 2.37. The van der Waals surface area contributed by atoms with Gasteiger partial charge in [-0.15, -0.1) is 0 Å². The van der Waals surface area contributed by atoms with Crippen molar-refractivity contribution in [1.29, 1.82) is 0 Å². The maximum atomic E-state index is 13.3. The first-order valence-corrected chi connectivity index (χ1v) is 23.0. The van der Waals surface area contributed by atoms with Gasteiger partial charge in [0.15, 0.2) is 0 Å². The highest BCUT2D eigenvalue weighted by Crippen LogP contribution is 2.32. The monoisotopic (exact) mass is 891 g/mol. The van der Waals surface area contributed by atoms with E-state index in [9.17, 15) is 24.6 Å². The van der Waals surface area contributed by atoms with Gasteiger partial charge in [-0.1, -0.05) is 72.8 Å². The van der Waals surface area contributed by atoms with Crippen LogP contribution in [0.25, 0.3) is 10.9 Å². The normalized spacial score (nSPS) is 19.2. The Kier molecular flexibility index (Phi) is 13.9. The van der Waals surface area contributed by atoms with E-state index in [-0.39, 0.29) is 29.3 Å². The number of carbonyl (C=O) groups is 2. The van der Waals surface area contributed by atoms with Crippen LogP contribution in [0, 0.1) is 11.8 Å². The molecule has 10 rings (SSSR count). The fourth-order valence-electron chi connectivity index (χ4n) is 9.50. The fraction of sp³-hybridized carbons (Fsp3) is 0.340. The molecule has 4 aliphatic heterocycles. The average molecular weight is 892 g/mol. The number of amides is 1. The summed E-state index contributed by atoms with van der Waals surface area (Å²) in [4.78, 5) is 45.4. The zero-order valence-corrected chi connectivity index (χ0v) is 36.9. The molecule has 5 aromatic carbocycles.